The summed E-state index contributed by atoms with van der Waals surface area (Å²) in [6.45, 7) is 6.61. The second-order valence-electron chi connectivity index (χ2n) is 7.19. The van der Waals surface area contributed by atoms with E-state index in [2.05, 4.69) is 20.2 Å². The summed E-state index contributed by atoms with van der Waals surface area (Å²) in [4.78, 5) is 38.6. The van der Waals surface area contributed by atoms with Crippen LogP contribution in [-0.4, -0.2) is 59.4 Å². The van der Waals surface area contributed by atoms with Gasteiger partial charge >= 0.3 is 0 Å². The molecule has 1 fully saturated rings. The summed E-state index contributed by atoms with van der Waals surface area (Å²) in [5, 5.41) is 5.81. The van der Waals surface area contributed by atoms with Gasteiger partial charge in [-0.3, -0.25) is 9.59 Å². The Morgan fingerprint density at radius 3 is 2.62 bits per heavy atom. The van der Waals surface area contributed by atoms with E-state index in [1.807, 2.05) is 37.4 Å². The molecule has 4 rings (SSSR count). The second-order valence-corrected chi connectivity index (χ2v) is 8.08. The number of rotatable bonds is 4. The Morgan fingerprint density at radius 1 is 1.07 bits per heavy atom. The first-order valence-corrected chi connectivity index (χ1v) is 10.5. The van der Waals surface area contributed by atoms with Crippen LogP contribution in [-0.2, 0) is 4.79 Å². The highest BCUT2D eigenvalue weighted by Gasteiger charge is 2.23. The van der Waals surface area contributed by atoms with Gasteiger partial charge in [0.1, 0.15) is 17.0 Å². The molecule has 0 aliphatic carbocycles. The van der Waals surface area contributed by atoms with Crippen molar-refractivity contribution < 1.29 is 9.59 Å². The van der Waals surface area contributed by atoms with E-state index in [-0.39, 0.29) is 18.4 Å². The lowest BCUT2D eigenvalue weighted by Crippen LogP contribution is -2.51. The topological polar surface area (TPSA) is 78.4 Å². The zero-order valence-corrected chi connectivity index (χ0v) is 17.3. The highest BCUT2D eigenvalue weighted by Crippen LogP contribution is 2.27. The number of benzene rings is 1. The van der Waals surface area contributed by atoms with Crippen LogP contribution in [0.25, 0.3) is 10.2 Å². The van der Waals surface area contributed by atoms with Crippen molar-refractivity contribution in [3.05, 3.63) is 52.7 Å². The lowest BCUT2D eigenvalue weighted by Gasteiger charge is -2.35. The molecule has 150 valence electrons. The molecule has 3 heterocycles. The van der Waals surface area contributed by atoms with Crippen molar-refractivity contribution in [1.82, 2.24) is 20.2 Å². The minimum atomic E-state index is -0.221. The summed E-state index contributed by atoms with van der Waals surface area (Å²) < 4.78 is 0. The molecule has 0 unspecified atom stereocenters. The highest BCUT2D eigenvalue weighted by atomic mass is 32.1. The lowest BCUT2D eigenvalue weighted by atomic mass is 10.1. The summed E-state index contributed by atoms with van der Waals surface area (Å²) in [5.74, 6) is 0.637. The Balaban J connectivity index is 1.31. The van der Waals surface area contributed by atoms with Crippen molar-refractivity contribution in [3.8, 4) is 0 Å². The van der Waals surface area contributed by atoms with Crippen LogP contribution in [0.5, 0.6) is 0 Å². The van der Waals surface area contributed by atoms with E-state index in [0.29, 0.717) is 31.7 Å². The van der Waals surface area contributed by atoms with E-state index in [4.69, 9.17) is 0 Å². The van der Waals surface area contributed by atoms with E-state index in [1.54, 1.807) is 28.6 Å². The van der Waals surface area contributed by atoms with E-state index >= 15 is 0 Å². The first-order valence-electron chi connectivity index (χ1n) is 9.59. The van der Waals surface area contributed by atoms with Gasteiger partial charge in [-0.1, -0.05) is 6.07 Å². The number of aromatic nitrogens is 2. The number of anilines is 1. The molecular formula is C21H23N5O2S. The van der Waals surface area contributed by atoms with Crippen LogP contribution in [0.4, 0.5) is 5.82 Å². The molecule has 2 amide bonds. The standard InChI is InChI=1S/C21H23N5O2S/c1-14-3-4-16(11-15(14)2)20(28)22-12-18(27)25-6-8-26(9-7-25)19-17-5-10-29-21(17)24-13-23-19/h3-5,10-11,13H,6-9,12H2,1-2H3,(H,22,28). The SMILES string of the molecule is Cc1ccc(C(=O)NCC(=O)N2CCN(c3ncnc4sccc34)CC2)cc1C. The first kappa shape index (κ1) is 19.3. The third-order valence-corrected chi connectivity index (χ3v) is 6.16. The van der Waals surface area contributed by atoms with Crippen LogP contribution in [0.3, 0.4) is 0 Å². The fourth-order valence-electron chi connectivity index (χ4n) is 3.45. The average Bonchev–Trinajstić information content (AvgIpc) is 3.23. The van der Waals surface area contributed by atoms with Crippen molar-refractivity contribution >= 4 is 39.2 Å². The van der Waals surface area contributed by atoms with Crippen LogP contribution in [0.15, 0.2) is 36.0 Å². The van der Waals surface area contributed by atoms with Crippen LogP contribution in [0.1, 0.15) is 21.5 Å². The Hall–Kier alpha value is -3.00. The average molecular weight is 410 g/mol. The van der Waals surface area contributed by atoms with Crippen LogP contribution in [0.2, 0.25) is 0 Å². The zero-order chi connectivity index (χ0) is 20.4. The largest absolute Gasteiger partial charge is 0.352 e. The third-order valence-electron chi connectivity index (χ3n) is 5.34. The molecule has 1 saturated heterocycles. The van der Waals surface area contributed by atoms with Gasteiger partial charge in [-0.15, -0.1) is 11.3 Å². The van der Waals surface area contributed by atoms with Crippen molar-refractivity contribution in [2.24, 2.45) is 0 Å². The molecule has 7 nitrogen and oxygen atoms in total. The molecule has 29 heavy (non-hydrogen) atoms. The first-order chi connectivity index (χ1) is 14.0. The molecule has 1 N–H and O–H groups in total. The van der Waals surface area contributed by atoms with Gasteiger partial charge in [0.2, 0.25) is 5.91 Å². The lowest BCUT2D eigenvalue weighted by molar-refractivity contribution is -0.130. The van der Waals surface area contributed by atoms with E-state index in [9.17, 15) is 9.59 Å². The number of carbonyl (C=O) groups excluding carboxylic acids is 2. The van der Waals surface area contributed by atoms with Crippen LogP contribution < -0.4 is 10.2 Å². The predicted octanol–water partition coefficient (Wildman–Crippen LogP) is 2.39. The number of carbonyl (C=O) groups is 2. The molecule has 1 aliphatic rings. The Bertz CT molecular complexity index is 1060. The number of thiophene rings is 1. The van der Waals surface area contributed by atoms with E-state index in [1.165, 1.54) is 0 Å². The summed E-state index contributed by atoms with van der Waals surface area (Å²) in [7, 11) is 0. The molecule has 0 radical (unpaired) electrons. The number of piperazine rings is 1. The van der Waals surface area contributed by atoms with Gasteiger partial charge in [0.25, 0.3) is 5.91 Å². The quantitative estimate of drug-likeness (QED) is 0.716. The maximum atomic E-state index is 12.5. The Morgan fingerprint density at radius 2 is 1.86 bits per heavy atom. The summed E-state index contributed by atoms with van der Waals surface area (Å²) in [6, 6.07) is 7.59. The molecule has 8 heteroatoms. The molecule has 0 saturated carbocycles. The predicted molar refractivity (Wildman–Crippen MR) is 114 cm³/mol. The monoisotopic (exact) mass is 409 g/mol. The molecular weight excluding hydrogens is 386 g/mol. The Kier molecular flexibility index (Phi) is 5.44. The van der Waals surface area contributed by atoms with Crippen molar-refractivity contribution in [2.75, 3.05) is 37.6 Å². The van der Waals surface area contributed by atoms with Gasteiger partial charge in [0.15, 0.2) is 0 Å². The highest BCUT2D eigenvalue weighted by molar-refractivity contribution is 7.16. The molecule has 1 aliphatic heterocycles. The van der Waals surface area contributed by atoms with Crippen molar-refractivity contribution in [1.29, 1.82) is 0 Å². The maximum absolute atomic E-state index is 12.5. The van der Waals surface area contributed by atoms with Crippen LogP contribution >= 0.6 is 11.3 Å². The van der Waals surface area contributed by atoms with Gasteiger partial charge in [0.05, 0.1) is 11.9 Å². The number of fused-ring (bicyclic) bond motifs is 1. The zero-order valence-electron chi connectivity index (χ0n) is 16.5. The third kappa shape index (κ3) is 4.07. The van der Waals surface area contributed by atoms with E-state index in [0.717, 1.165) is 27.2 Å². The Labute approximate surface area is 173 Å². The summed E-state index contributed by atoms with van der Waals surface area (Å²) in [5.41, 5.74) is 2.78. The number of nitrogens with one attached hydrogen (secondary N) is 1. The number of hydrogen-bond acceptors (Lipinski definition) is 6. The number of hydrogen-bond donors (Lipinski definition) is 1. The minimum absolute atomic E-state index is 0.00798. The van der Waals surface area contributed by atoms with E-state index < -0.39 is 0 Å². The van der Waals surface area contributed by atoms with Crippen LogP contribution in [0, 0.1) is 13.8 Å². The van der Waals surface area contributed by atoms with Gasteiger partial charge in [-0.2, -0.15) is 0 Å². The number of amides is 2. The van der Waals surface area contributed by atoms with Crippen molar-refractivity contribution in [2.45, 2.75) is 13.8 Å². The van der Waals surface area contributed by atoms with Gasteiger partial charge < -0.3 is 15.1 Å². The summed E-state index contributed by atoms with van der Waals surface area (Å²) in [6.07, 6.45) is 1.59. The number of nitrogens with zero attached hydrogens (tertiary/aromatic N) is 4. The van der Waals surface area contributed by atoms with Gasteiger partial charge in [0, 0.05) is 31.7 Å². The fraction of sp³-hybridized carbons (Fsp3) is 0.333. The smallest absolute Gasteiger partial charge is 0.251 e. The second kappa shape index (κ2) is 8.16. The molecule has 0 bridgehead atoms. The van der Waals surface area contributed by atoms with Crippen molar-refractivity contribution in [3.63, 3.8) is 0 Å². The molecule has 2 aromatic heterocycles. The molecule has 0 atom stereocenters. The van der Waals surface area contributed by atoms with Gasteiger partial charge in [-0.05, 0) is 48.6 Å². The molecule has 1 aromatic carbocycles. The fourth-order valence-corrected chi connectivity index (χ4v) is 4.18. The maximum Gasteiger partial charge on any atom is 0.251 e. The molecule has 0 spiro atoms. The summed E-state index contributed by atoms with van der Waals surface area (Å²) >= 11 is 1.60. The normalized spacial score (nSPS) is 14.3. The number of aryl methyl sites for hydroxylation is 2. The van der Waals surface area contributed by atoms with Gasteiger partial charge in [-0.25, -0.2) is 9.97 Å². The molecule has 3 aromatic rings. The minimum Gasteiger partial charge on any atom is -0.352 e.